The van der Waals surface area contributed by atoms with Crippen LogP contribution in [0, 0.1) is 13.8 Å². The number of hydrogen-bond acceptors (Lipinski definition) is 3. The molecular weight excluding hydrogens is 444 g/mol. The molecule has 0 spiro atoms. The second-order valence-electron chi connectivity index (χ2n) is 8.20. The largest absolute Gasteiger partial charge is 0.307 e. The van der Waals surface area contributed by atoms with Crippen LogP contribution in [0.25, 0.3) is 0 Å². The molecule has 0 bridgehead atoms. The topological polar surface area (TPSA) is 57.7 Å². The van der Waals surface area contributed by atoms with Gasteiger partial charge in [0, 0.05) is 16.8 Å². The van der Waals surface area contributed by atoms with Gasteiger partial charge in [-0.05, 0) is 74.7 Å². The minimum atomic E-state index is -3.98. The molecule has 166 valence electrons. The molecule has 5 nitrogen and oxygen atoms in total. The summed E-state index contributed by atoms with van der Waals surface area (Å²) in [6.07, 6.45) is 0.743. The summed E-state index contributed by atoms with van der Waals surface area (Å²) in [6.45, 7) is 5.35. The zero-order valence-electron chi connectivity index (χ0n) is 18.2. The Morgan fingerprint density at radius 1 is 1.06 bits per heavy atom. The van der Waals surface area contributed by atoms with E-state index >= 15 is 0 Å². The number of rotatable bonds is 5. The van der Waals surface area contributed by atoms with E-state index in [0.717, 1.165) is 23.2 Å². The highest BCUT2D eigenvalue weighted by atomic mass is 35.5. The highest BCUT2D eigenvalue weighted by Gasteiger charge is 2.35. The highest BCUT2D eigenvalue weighted by molar-refractivity contribution is 7.92. The van der Waals surface area contributed by atoms with E-state index in [1.54, 1.807) is 54.3 Å². The van der Waals surface area contributed by atoms with Gasteiger partial charge in [0.15, 0.2) is 0 Å². The molecule has 0 aromatic heterocycles. The van der Waals surface area contributed by atoms with Crippen molar-refractivity contribution in [2.24, 2.45) is 0 Å². The fourth-order valence-corrected chi connectivity index (χ4v) is 5.89. The zero-order valence-corrected chi connectivity index (χ0v) is 19.8. The van der Waals surface area contributed by atoms with Crippen molar-refractivity contribution >= 4 is 38.9 Å². The minimum absolute atomic E-state index is 0.0462. The van der Waals surface area contributed by atoms with Crippen LogP contribution in [0.3, 0.4) is 0 Å². The molecule has 0 saturated heterocycles. The average molecular weight is 469 g/mol. The van der Waals surface area contributed by atoms with E-state index in [-0.39, 0.29) is 23.4 Å². The lowest BCUT2D eigenvalue weighted by atomic mass is 10.1. The summed E-state index contributed by atoms with van der Waals surface area (Å²) in [7, 11) is -3.98. The molecule has 0 fully saturated rings. The van der Waals surface area contributed by atoms with E-state index in [0.29, 0.717) is 16.3 Å². The van der Waals surface area contributed by atoms with E-state index in [2.05, 4.69) is 0 Å². The predicted molar refractivity (Wildman–Crippen MR) is 129 cm³/mol. The maximum absolute atomic E-state index is 13.7. The first-order valence-electron chi connectivity index (χ1n) is 10.4. The summed E-state index contributed by atoms with van der Waals surface area (Å²) in [6, 6.07) is 19.3. The molecule has 1 aliphatic rings. The van der Waals surface area contributed by atoms with Crippen LogP contribution >= 0.6 is 11.6 Å². The summed E-state index contributed by atoms with van der Waals surface area (Å²) in [5, 5.41) is 0.507. The summed E-state index contributed by atoms with van der Waals surface area (Å²) in [4.78, 5) is 15.4. The number of carbonyl (C=O) groups excluding carboxylic acids is 1. The fraction of sp³-hybridized carbons (Fsp3) is 0.240. The van der Waals surface area contributed by atoms with Crippen molar-refractivity contribution in [1.82, 2.24) is 0 Å². The maximum atomic E-state index is 13.7. The van der Waals surface area contributed by atoms with Gasteiger partial charge in [-0.15, -0.1) is 0 Å². The van der Waals surface area contributed by atoms with Crippen molar-refractivity contribution in [3.63, 3.8) is 0 Å². The van der Waals surface area contributed by atoms with Crippen LogP contribution in [0.5, 0.6) is 0 Å². The van der Waals surface area contributed by atoms with Gasteiger partial charge in [-0.1, -0.05) is 47.5 Å². The normalized spacial score (nSPS) is 15.5. The Balaban J connectivity index is 1.76. The number of fused-ring (bicyclic) bond motifs is 1. The predicted octanol–water partition coefficient (Wildman–Crippen LogP) is 5.13. The number of halogens is 1. The molecule has 0 N–H and O–H groups in total. The lowest BCUT2D eigenvalue weighted by Crippen LogP contribution is -2.45. The summed E-state index contributed by atoms with van der Waals surface area (Å²) < 4.78 is 28.6. The molecule has 0 saturated carbocycles. The molecule has 0 aliphatic carbocycles. The Morgan fingerprint density at radius 2 is 1.75 bits per heavy atom. The van der Waals surface area contributed by atoms with Crippen molar-refractivity contribution in [3.05, 3.63) is 88.4 Å². The molecule has 4 rings (SSSR count). The third-order valence-corrected chi connectivity index (χ3v) is 7.80. The Hall–Kier alpha value is -2.83. The van der Waals surface area contributed by atoms with Crippen molar-refractivity contribution in [2.75, 3.05) is 15.7 Å². The molecule has 0 radical (unpaired) electrons. The van der Waals surface area contributed by atoms with Gasteiger partial charge in [-0.25, -0.2) is 8.42 Å². The van der Waals surface area contributed by atoms with Crippen LogP contribution in [0.15, 0.2) is 71.6 Å². The van der Waals surface area contributed by atoms with Crippen LogP contribution in [0.4, 0.5) is 11.4 Å². The Bertz CT molecular complexity index is 1270. The SMILES string of the molecule is Cc1ccc(S(=O)(=O)N(CC(=O)N2c3ccccc3C[C@@H]2C)c2ccc(Cl)cc2C)cc1. The van der Waals surface area contributed by atoms with E-state index in [9.17, 15) is 13.2 Å². The molecule has 1 atom stereocenters. The van der Waals surface area contributed by atoms with Crippen molar-refractivity contribution in [3.8, 4) is 0 Å². The molecule has 1 amide bonds. The third kappa shape index (κ3) is 4.12. The standard InChI is InChI=1S/C25H25ClN2O3S/c1-17-8-11-22(12-9-17)32(30,31)27(23-13-10-21(26)14-18(23)2)16-25(29)28-19(3)15-20-6-4-5-7-24(20)28/h4-14,19H,15-16H2,1-3H3/t19-/m0/s1. The number of nitrogens with zero attached hydrogens (tertiary/aromatic N) is 2. The number of aryl methyl sites for hydroxylation is 2. The Morgan fingerprint density at radius 3 is 2.44 bits per heavy atom. The molecule has 0 unspecified atom stereocenters. The van der Waals surface area contributed by atoms with Gasteiger partial charge >= 0.3 is 0 Å². The molecule has 3 aromatic carbocycles. The fourth-order valence-electron chi connectivity index (χ4n) is 4.18. The molecule has 1 aliphatic heterocycles. The van der Waals surface area contributed by atoms with E-state index in [1.165, 1.54) is 4.31 Å². The number of benzene rings is 3. The molecule has 7 heteroatoms. The van der Waals surface area contributed by atoms with E-state index < -0.39 is 10.0 Å². The van der Waals surface area contributed by atoms with Crippen molar-refractivity contribution in [1.29, 1.82) is 0 Å². The van der Waals surface area contributed by atoms with Gasteiger partial charge in [0.2, 0.25) is 5.91 Å². The lowest BCUT2D eigenvalue weighted by Gasteiger charge is -2.29. The Labute approximate surface area is 194 Å². The minimum Gasteiger partial charge on any atom is -0.307 e. The number of amides is 1. The summed E-state index contributed by atoms with van der Waals surface area (Å²) in [5.41, 5.74) is 3.99. The van der Waals surface area contributed by atoms with Crippen molar-refractivity contribution < 1.29 is 13.2 Å². The van der Waals surface area contributed by atoms with Gasteiger partial charge in [-0.3, -0.25) is 9.10 Å². The van der Waals surface area contributed by atoms with Crippen LogP contribution in [-0.4, -0.2) is 26.9 Å². The smallest absolute Gasteiger partial charge is 0.264 e. The number of carbonyl (C=O) groups is 1. The number of para-hydroxylation sites is 1. The summed E-state index contributed by atoms with van der Waals surface area (Å²) >= 11 is 6.11. The molecular formula is C25H25ClN2O3S. The first-order chi connectivity index (χ1) is 15.2. The van der Waals surface area contributed by atoms with Gasteiger partial charge in [-0.2, -0.15) is 0 Å². The van der Waals surface area contributed by atoms with Gasteiger partial charge in [0.05, 0.1) is 10.6 Å². The third-order valence-electron chi connectivity index (χ3n) is 5.79. The second-order valence-corrected chi connectivity index (χ2v) is 10.5. The van der Waals surface area contributed by atoms with Gasteiger partial charge < -0.3 is 4.90 Å². The van der Waals surface area contributed by atoms with Crippen LogP contribution in [0.1, 0.15) is 23.6 Å². The van der Waals surface area contributed by atoms with Gasteiger partial charge in [0.1, 0.15) is 6.54 Å². The Kier molecular flexibility index (Phi) is 6.01. The first-order valence-corrected chi connectivity index (χ1v) is 12.3. The highest BCUT2D eigenvalue weighted by Crippen LogP contribution is 2.34. The maximum Gasteiger partial charge on any atom is 0.264 e. The second kappa shape index (κ2) is 8.60. The summed E-state index contributed by atoms with van der Waals surface area (Å²) in [5.74, 6) is -0.271. The van der Waals surface area contributed by atoms with Crippen LogP contribution < -0.4 is 9.21 Å². The molecule has 3 aromatic rings. The zero-order chi connectivity index (χ0) is 23.0. The molecule has 1 heterocycles. The number of sulfonamides is 1. The van der Waals surface area contributed by atoms with Crippen LogP contribution in [-0.2, 0) is 21.2 Å². The van der Waals surface area contributed by atoms with Gasteiger partial charge in [0.25, 0.3) is 10.0 Å². The van der Waals surface area contributed by atoms with Crippen LogP contribution in [0.2, 0.25) is 5.02 Å². The van der Waals surface area contributed by atoms with E-state index in [1.807, 2.05) is 38.1 Å². The first kappa shape index (κ1) is 22.4. The van der Waals surface area contributed by atoms with Crippen molar-refractivity contribution in [2.45, 2.75) is 38.1 Å². The average Bonchev–Trinajstić information content (AvgIpc) is 3.08. The molecule has 32 heavy (non-hydrogen) atoms. The lowest BCUT2D eigenvalue weighted by molar-refractivity contribution is -0.117. The number of anilines is 2. The van der Waals surface area contributed by atoms with E-state index in [4.69, 9.17) is 11.6 Å². The number of hydrogen-bond donors (Lipinski definition) is 0. The monoisotopic (exact) mass is 468 g/mol. The quantitative estimate of drug-likeness (QED) is 0.521.